The van der Waals surface area contributed by atoms with E-state index in [1.54, 1.807) is 0 Å². The Hall–Kier alpha value is -0.170. The second-order valence-corrected chi connectivity index (χ2v) is 5.77. The van der Waals surface area contributed by atoms with Gasteiger partial charge in [0.1, 0.15) is 5.37 Å². The Morgan fingerprint density at radius 2 is 1.93 bits per heavy atom. The quantitative estimate of drug-likeness (QED) is 0.603. The molecule has 0 spiro atoms. The zero-order valence-electron chi connectivity index (χ0n) is 8.85. The van der Waals surface area contributed by atoms with Crippen LogP contribution in [0.3, 0.4) is 0 Å². The molecule has 0 bridgehead atoms. The molecular weight excluding hydrogens is 216 g/mol. The highest BCUT2D eigenvalue weighted by atomic mass is 32.2. The first-order valence-corrected chi connectivity index (χ1v) is 6.96. The minimum atomic E-state index is -4.07. The summed E-state index contributed by atoms with van der Waals surface area (Å²) in [5, 5.41) is 2.11. The van der Waals surface area contributed by atoms with Crippen LogP contribution in [-0.4, -0.2) is 30.9 Å². The van der Waals surface area contributed by atoms with Crippen molar-refractivity contribution in [3.05, 3.63) is 0 Å². The summed E-state index contributed by atoms with van der Waals surface area (Å²) in [4.78, 5) is 0. The summed E-state index contributed by atoms with van der Waals surface area (Å²) in [6, 6.07) is 0.493. The van der Waals surface area contributed by atoms with Crippen LogP contribution < -0.4 is 11.1 Å². The molecule has 1 rings (SSSR count). The smallest absolute Gasteiger partial charge is 0.280 e. The van der Waals surface area contributed by atoms with Gasteiger partial charge in [-0.2, -0.15) is 8.42 Å². The Labute approximate surface area is 91.2 Å². The van der Waals surface area contributed by atoms with Crippen LogP contribution in [0.5, 0.6) is 0 Å². The van der Waals surface area contributed by atoms with Gasteiger partial charge in [-0.15, -0.1) is 0 Å². The van der Waals surface area contributed by atoms with Crippen LogP contribution in [0, 0.1) is 0 Å². The van der Waals surface area contributed by atoms with Crippen molar-refractivity contribution in [1.82, 2.24) is 5.32 Å². The Morgan fingerprint density at radius 1 is 1.33 bits per heavy atom. The number of nitrogens with one attached hydrogen (secondary N) is 1. The van der Waals surface area contributed by atoms with Crippen molar-refractivity contribution in [2.24, 2.45) is 5.73 Å². The molecule has 0 amide bonds. The topological polar surface area (TPSA) is 92.4 Å². The molecule has 5 nitrogen and oxygen atoms in total. The highest BCUT2D eigenvalue weighted by Crippen LogP contribution is 2.17. The predicted molar refractivity (Wildman–Crippen MR) is 59.0 cm³/mol. The third kappa shape index (κ3) is 4.92. The van der Waals surface area contributed by atoms with Crippen molar-refractivity contribution in [1.29, 1.82) is 0 Å². The largest absolute Gasteiger partial charge is 0.314 e. The van der Waals surface area contributed by atoms with Crippen molar-refractivity contribution in [3.8, 4) is 0 Å². The number of hydrogen-bond acceptors (Lipinski definition) is 4. The van der Waals surface area contributed by atoms with Gasteiger partial charge in [-0.25, -0.2) is 0 Å². The maximum atomic E-state index is 10.6. The fourth-order valence-corrected chi connectivity index (χ4v) is 2.30. The van der Waals surface area contributed by atoms with Gasteiger partial charge in [0, 0.05) is 6.04 Å². The fourth-order valence-electron chi connectivity index (χ4n) is 1.89. The Morgan fingerprint density at radius 3 is 2.47 bits per heavy atom. The molecule has 6 heteroatoms. The second-order valence-electron chi connectivity index (χ2n) is 4.13. The van der Waals surface area contributed by atoms with Gasteiger partial charge in [0.25, 0.3) is 10.1 Å². The van der Waals surface area contributed by atoms with E-state index < -0.39 is 15.5 Å². The minimum absolute atomic E-state index is 0.259. The number of nitrogens with two attached hydrogens (primary N) is 1. The van der Waals surface area contributed by atoms with Gasteiger partial charge in [-0.1, -0.05) is 19.3 Å². The summed E-state index contributed by atoms with van der Waals surface area (Å²) in [7, 11) is -4.07. The molecule has 0 aromatic carbocycles. The maximum absolute atomic E-state index is 10.6. The second kappa shape index (κ2) is 5.79. The molecule has 0 heterocycles. The highest BCUT2D eigenvalue weighted by Gasteiger charge is 2.18. The van der Waals surface area contributed by atoms with Crippen LogP contribution in [0.15, 0.2) is 0 Å². The van der Waals surface area contributed by atoms with E-state index in [0.29, 0.717) is 12.6 Å². The molecule has 0 radical (unpaired) electrons. The monoisotopic (exact) mass is 236 g/mol. The molecule has 1 aliphatic carbocycles. The summed E-state index contributed by atoms with van der Waals surface area (Å²) in [6.45, 7) is 0.547. The van der Waals surface area contributed by atoms with Crippen LogP contribution in [0.4, 0.5) is 0 Å². The van der Waals surface area contributed by atoms with Gasteiger partial charge in [-0.05, 0) is 25.8 Å². The van der Waals surface area contributed by atoms with Crippen molar-refractivity contribution < 1.29 is 13.0 Å². The predicted octanol–water partition coefficient (Wildman–Crippen LogP) is 0.471. The van der Waals surface area contributed by atoms with Gasteiger partial charge in [0.15, 0.2) is 0 Å². The van der Waals surface area contributed by atoms with Crippen LogP contribution in [0.1, 0.15) is 38.5 Å². The molecular formula is C9H20N2O3S. The lowest BCUT2D eigenvalue weighted by Gasteiger charge is -2.23. The number of hydrogen-bond donors (Lipinski definition) is 3. The summed E-state index contributed by atoms with van der Waals surface area (Å²) < 4.78 is 29.9. The Kier molecular flexibility index (Phi) is 4.98. The molecule has 1 unspecified atom stereocenters. The molecule has 90 valence electrons. The first kappa shape index (κ1) is 12.9. The van der Waals surface area contributed by atoms with Gasteiger partial charge in [0.05, 0.1) is 0 Å². The SMILES string of the molecule is NC(CCNC1CCCCC1)S(=O)(=O)O. The van der Waals surface area contributed by atoms with Crippen LogP contribution >= 0.6 is 0 Å². The van der Waals surface area contributed by atoms with Gasteiger partial charge in [0.2, 0.25) is 0 Å². The molecule has 0 aliphatic heterocycles. The van der Waals surface area contributed by atoms with Gasteiger partial charge < -0.3 is 11.1 Å². The summed E-state index contributed by atoms with van der Waals surface area (Å²) in [5.41, 5.74) is 5.29. The van der Waals surface area contributed by atoms with E-state index in [1.165, 1.54) is 19.3 Å². The summed E-state index contributed by atoms with van der Waals surface area (Å²) in [5.74, 6) is 0. The molecule has 0 aromatic rings. The average molecular weight is 236 g/mol. The molecule has 15 heavy (non-hydrogen) atoms. The van der Waals surface area contributed by atoms with Crippen molar-refractivity contribution in [2.45, 2.75) is 49.9 Å². The third-order valence-electron chi connectivity index (χ3n) is 2.85. The molecule has 1 fully saturated rings. The molecule has 0 aromatic heterocycles. The molecule has 4 N–H and O–H groups in total. The molecule has 0 saturated heterocycles. The van der Waals surface area contributed by atoms with Crippen molar-refractivity contribution in [2.75, 3.05) is 6.54 Å². The zero-order valence-corrected chi connectivity index (χ0v) is 9.67. The first-order valence-electron chi connectivity index (χ1n) is 5.45. The average Bonchev–Trinajstić information content (AvgIpc) is 2.18. The first-order chi connectivity index (χ1) is 7.00. The van der Waals surface area contributed by atoms with Gasteiger partial charge in [-0.3, -0.25) is 4.55 Å². The molecule has 1 saturated carbocycles. The summed E-state index contributed by atoms with van der Waals surface area (Å²) in [6.07, 6.45) is 6.34. The Bertz CT molecular complexity index is 273. The lowest BCUT2D eigenvalue weighted by Crippen LogP contribution is -2.37. The van der Waals surface area contributed by atoms with E-state index in [4.69, 9.17) is 10.3 Å². The van der Waals surface area contributed by atoms with E-state index in [0.717, 1.165) is 12.8 Å². The number of rotatable bonds is 5. The summed E-state index contributed by atoms with van der Waals surface area (Å²) >= 11 is 0. The third-order valence-corrected chi connectivity index (χ3v) is 3.85. The standard InChI is InChI=1S/C9H20N2O3S/c10-9(15(12,13)14)6-7-11-8-4-2-1-3-5-8/h8-9,11H,1-7,10H2,(H,12,13,14). The lowest BCUT2D eigenvalue weighted by molar-refractivity contribution is 0.369. The minimum Gasteiger partial charge on any atom is -0.314 e. The maximum Gasteiger partial charge on any atom is 0.280 e. The highest BCUT2D eigenvalue weighted by molar-refractivity contribution is 7.86. The van der Waals surface area contributed by atoms with E-state index >= 15 is 0 Å². The normalized spacial score (nSPS) is 21.5. The fraction of sp³-hybridized carbons (Fsp3) is 1.00. The van der Waals surface area contributed by atoms with Crippen molar-refractivity contribution in [3.63, 3.8) is 0 Å². The van der Waals surface area contributed by atoms with Crippen LogP contribution in [0.2, 0.25) is 0 Å². The Balaban J connectivity index is 2.15. The van der Waals surface area contributed by atoms with Crippen LogP contribution in [0.25, 0.3) is 0 Å². The van der Waals surface area contributed by atoms with Gasteiger partial charge >= 0.3 is 0 Å². The molecule has 1 aliphatic rings. The van der Waals surface area contributed by atoms with E-state index in [9.17, 15) is 8.42 Å². The van der Waals surface area contributed by atoms with E-state index in [-0.39, 0.29) is 6.42 Å². The zero-order chi connectivity index (χ0) is 11.3. The van der Waals surface area contributed by atoms with Crippen LogP contribution in [-0.2, 0) is 10.1 Å². The molecule has 1 atom stereocenters. The van der Waals surface area contributed by atoms with E-state index in [1.807, 2.05) is 0 Å². The van der Waals surface area contributed by atoms with E-state index in [2.05, 4.69) is 5.32 Å². The van der Waals surface area contributed by atoms with Crippen molar-refractivity contribution >= 4 is 10.1 Å². The lowest BCUT2D eigenvalue weighted by atomic mass is 9.95.